The summed E-state index contributed by atoms with van der Waals surface area (Å²) in [6, 6.07) is 15.7. The minimum atomic E-state index is -0.0649. The average molecular weight is 352 g/mol. The van der Waals surface area contributed by atoms with Crippen LogP contribution in [0.25, 0.3) is 10.9 Å². The van der Waals surface area contributed by atoms with Crippen LogP contribution in [0.5, 0.6) is 11.5 Å². The van der Waals surface area contributed by atoms with Crippen molar-refractivity contribution in [2.75, 3.05) is 20.8 Å². The molecule has 1 aromatic heterocycles. The van der Waals surface area contributed by atoms with Crippen LogP contribution in [0, 0.1) is 0 Å². The number of ether oxygens (including phenoxy) is 2. The third-order valence-corrected chi connectivity index (χ3v) is 4.53. The molecule has 0 fully saturated rings. The lowest BCUT2D eigenvalue weighted by Gasteiger charge is -2.12. The highest BCUT2D eigenvalue weighted by Crippen LogP contribution is 2.24. The summed E-state index contributed by atoms with van der Waals surface area (Å²) in [5.41, 5.74) is 2.77. The predicted molar refractivity (Wildman–Crippen MR) is 103 cm³/mol. The number of nitrogens with zero attached hydrogens (tertiary/aromatic N) is 1. The second-order valence-electron chi connectivity index (χ2n) is 6.02. The second kappa shape index (κ2) is 7.95. The van der Waals surface area contributed by atoms with Gasteiger partial charge in [0.1, 0.15) is 17.2 Å². The molecule has 0 aliphatic rings. The van der Waals surface area contributed by atoms with Crippen LogP contribution in [0.3, 0.4) is 0 Å². The molecule has 0 unspecified atom stereocenters. The number of benzene rings is 2. The van der Waals surface area contributed by atoms with Crippen LogP contribution in [0.15, 0.2) is 48.5 Å². The van der Waals surface area contributed by atoms with E-state index in [9.17, 15) is 4.79 Å². The van der Waals surface area contributed by atoms with E-state index in [0.29, 0.717) is 18.7 Å². The van der Waals surface area contributed by atoms with E-state index in [1.165, 1.54) is 0 Å². The van der Waals surface area contributed by atoms with Gasteiger partial charge >= 0.3 is 0 Å². The molecule has 5 nitrogen and oxygen atoms in total. The molecule has 0 bridgehead atoms. The molecule has 0 aliphatic carbocycles. The van der Waals surface area contributed by atoms with Gasteiger partial charge in [0.2, 0.25) is 0 Å². The Kier molecular flexibility index (Phi) is 5.46. The first kappa shape index (κ1) is 17.9. The van der Waals surface area contributed by atoms with Gasteiger partial charge in [0.25, 0.3) is 5.91 Å². The fourth-order valence-electron chi connectivity index (χ4n) is 3.22. The molecule has 5 heteroatoms. The Morgan fingerprint density at radius 2 is 1.88 bits per heavy atom. The number of methoxy groups -OCH3 is 2. The summed E-state index contributed by atoms with van der Waals surface area (Å²) in [7, 11) is 3.28. The van der Waals surface area contributed by atoms with Crippen LogP contribution in [0.1, 0.15) is 23.0 Å². The fraction of sp³-hybridized carbons (Fsp3) is 0.286. The van der Waals surface area contributed by atoms with Crippen molar-refractivity contribution in [1.82, 2.24) is 9.88 Å². The van der Waals surface area contributed by atoms with Gasteiger partial charge in [-0.15, -0.1) is 0 Å². The molecule has 0 saturated carbocycles. The minimum absolute atomic E-state index is 0.0649. The van der Waals surface area contributed by atoms with E-state index >= 15 is 0 Å². The molecule has 0 atom stereocenters. The van der Waals surface area contributed by atoms with Gasteiger partial charge in [-0.1, -0.05) is 18.2 Å². The molecule has 136 valence electrons. The summed E-state index contributed by atoms with van der Waals surface area (Å²) < 4.78 is 12.7. The lowest BCUT2D eigenvalue weighted by atomic mass is 10.1. The number of para-hydroxylation sites is 1. The van der Waals surface area contributed by atoms with Crippen molar-refractivity contribution in [2.45, 2.75) is 19.9 Å². The Hall–Kier alpha value is -2.95. The van der Waals surface area contributed by atoms with Crippen molar-refractivity contribution >= 4 is 16.8 Å². The molecule has 3 rings (SSSR count). The van der Waals surface area contributed by atoms with Crippen molar-refractivity contribution < 1.29 is 14.3 Å². The van der Waals surface area contributed by atoms with Crippen LogP contribution in [-0.4, -0.2) is 31.2 Å². The van der Waals surface area contributed by atoms with Gasteiger partial charge < -0.3 is 19.4 Å². The number of carbonyl (C=O) groups is 1. The maximum absolute atomic E-state index is 12.7. The number of aromatic nitrogens is 1. The van der Waals surface area contributed by atoms with Crippen LogP contribution in [0.4, 0.5) is 0 Å². The van der Waals surface area contributed by atoms with Crippen molar-refractivity contribution in [3.05, 3.63) is 59.8 Å². The third-order valence-electron chi connectivity index (χ3n) is 4.53. The van der Waals surface area contributed by atoms with E-state index in [1.807, 2.05) is 60.0 Å². The highest BCUT2D eigenvalue weighted by atomic mass is 16.5. The Morgan fingerprint density at radius 3 is 2.62 bits per heavy atom. The summed E-state index contributed by atoms with van der Waals surface area (Å²) in [6.45, 7) is 3.32. The Balaban J connectivity index is 1.72. The standard InChI is InChI=1S/C21H24N2O3/c1-4-23-18-8-6-5-7-15(18)14-19(23)21(24)22-12-11-16-13-17(25-2)9-10-20(16)26-3/h5-10,13-14H,4,11-12H2,1-3H3,(H,22,24). The number of aryl methyl sites for hydroxylation is 1. The number of hydrogen-bond donors (Lipinski definition) is 1. The van der Waals surface area contributed by atoms with E-state index in [-0.39, 0.29) is 5.91 Å². The molecule has 1 amide bonds. The van der Waals surface area contributed by atoms with E-state index in [2.05, 4.69) is 5.32 Å². The van der Waals surface area contributed by atoms with Crippen molar-refractivity contribution in [3.8, 4) is 11.5 Å². The number of amides is 1. The first-order valence-corrected chi connectivity index (χ1v) is 8.75. The molecule has 26 heavy (non-hydrogen) atoms. The first-order chi connectivity index (χ1) is 12.7. The van der Waals surface area contributed by atoms with Gasteiger partial charge in [-0.25, -0.2) is 0 Å². The summed E-state index contributed by atoms with van der Waals surface area (Å²) >= 11 is 0. The molecular weight excluding hydrogens is 328 g/mol. The van der Waals surface area contributed by atoms with Gasteiger partial charge in [0, 0.05) is 24.0 Å². The van der Waals surface area contributed by atoms with Crippen LogP contribution < -0.4 is 14.8 Å². The van der Waals surface area contributed by atoms with Crippen molar-refractivity contribution in [1.29, 1.82) is 0 Å². The molecular formula is C21H24N2O3. The normalized spacial score (nSPS) is 10.7. The summed E-state index contributed by atoms with van der Waals surface area (Å²) in [5, 5.41) is 4.09. The number of carbonyl (C=O) groups excluding carboxylic acids is 1. The first-order valence-electron chi connectivity index (χ1n) is 8.75. The third kappa shape index (κ3) is 3.52. The van der Waals surface area contributed by atoms with E-state index < -0.39 is 0 Å². The van der Waals surface area contributed by atoms with Gasteiger partial charge in [-0.05, 0) is 49.2 Å². The van der Waals surface area contributed by atoms with E-state index in [4.69, 9.17) is 9.47 Å². The fourth-order valence-corrected chi connectivity index (χ4v) is 3.22. The van der Waals surface area contributed by atoms with Crippen molar-refractivity contribution in [2.24, 2.45) is 0 Å². The molecule has 0 radical (unpaired) electrons. The lowest BCUT2D eigenvalue weighted by Crippen LogP contribution is -2.27. The average Bonchev–Trinajstić information content (AvgIpc) is 3.06. The second-order valence-corrected chi connectivity index (χ2v) is 6.02. The SMILES string of the molecule is CCn1c(C(=O)NCCc2cc(OC)ccc2OC)cc2ccccc21. The molecule has 0 aliphatic heterocycles. The molecule has 2 aromatic carbocycles. The smallest absolute Gasteiger partial charge is 0.267 e. The molecule has 0 spiro atoms. The quantitative estimate of drug-likeness (QED) is 0.706. The van der Waals surface area contributed by atoms with Crippen LogP contribution in [-0.2, 0) is 13.0 Å². The molecule has 1 N–H and O–H groups in total. The summed E-state index contributed by atoms with van der Waals surface area (Å²) in [6.07, 6.45) is 0.665. The van der Waals surface area contributed by atoms with Crippen molar-refractivity contribution in [3.63, 3.8) is 0 Å². The predicted octanol–water partition coefficient (Wildman–Crippen LogP) is 3.65. The van der Waals surface area contributed by atoms with E-state index in [1.54, 1.807) is 14.2 Å². The van der Waals surface area contributed by atoms with Gasteiger partial charge in [-0.2, -0.15) is 0 Å². The zero-order valence-corrected chi connectivity index (χ0v) is 15.4. The maximum atomic E-state index is 12.7. The molecule has 1 heterocycles. The Morgan fingerprint density at radius 1 is 1.08 bits per heavy atom. The zero-order chi connectivity index (χ0) is 18.5. The largest absolute Gasteiger partial charge is 0.497 e. The lowest BCUT2D eigenvalue weighted by molar-refractivity contribution is 0.0945. The van der Waals surface area contributed by atoms with E-state index in [0.717, 1.165) is 34.5 Å². The monoisotopic (exact) mass is 352 g/mol. The van der Waals surface area contributed by atoms with Gasteiger partial charge in [0.15, 0.2) is 0 Å². The van der Waals surface area contributed by atoms with Gasteiger partial charge in [0.05, 0.1) is 14.2 Å². The zero-order valence-electron chi connectivity index (χ0n) is 15.4. The summed E-state index contributed by atoms with van der Waals surface area (Å²) in [5.74, 6) is 1.51. The maximum Gasteiger partial charge on any atom is 0.267 e. The topological polar surface area (TPSA) is 52.5 Å². The highest BCUT2D eigenvalue weighted by Gasteiger charge is 2.14. The summed E-state index contributed by atoms with van der Waals surface area (Å²) in [4.78, 5) is 12.7. The molecule has 0 saturated heterocycles. The Labute approximate surface area is 153 Å². The highest BCUT2D eigenvalue weighted by molar-refractivity contribution is 5.98. The minimum Gasteiger partial charge on any atom is -0.497 e. The number of fused-ring (bicyclic) bond motifs is 1. The molecule has 3 aromatic rings. The number of rotatable bonds is 7. The van der Waals surface area contributed by atoms with Gasteiger partial charge in [-0.3, -0.25) is 4.79 Å². The Bertz CT molecular complexity index is 915. The van der Waals surface area contributed by atoms with Crippen LogP contribution >= 0.6 is 0 Å². The number of nitrogens with one attached hydrogen (secondary N) is 1. The number of hydrogen-bond acceptors (Lipinski definition) is 3. The van der Waals surface area contributed by atoms with Crippen LogP contribution in [0.2, 0.25) is 0 Å².